The van der Waals surface area contributed by atoms with Gasteiger partial charge in [0.1, 0.15) is 0 Å². The highest BCUT2D eigenvalue weighted by Crippen LogP contribution is 2.08. The fourth-order valence-electron chi connectivity index (χ4n) is 1.64. The summed E-state index contributed by atoms with van der Waals surface area (Å²) in [6.07, 6.45) is 6.52. The number of hydrogen-bond donors (Lipinski definition) is 1. The van der Waals surface area contributed by atoms with E-state index in [9.17, 15) is 9.90 Å². The summed E-state index contributed by atoms with van der Waals surface area (Å²) in [6, 6.07) is 0. The predicted molar refractivity (Wildman–Crippen MR) is 82.2 cm³/mol. The molecule has 2 atom stereocenters. The maximum Gasteiger partial charge on any atom is 0.330 e. The molecule has 0 unspecified atom stereocenters. The Morgan fingerprint density at radius 2 is 1.86 bits per heavy atom. The van der Waals surface area contributed by atoms with Crippen molar-refractivity contribution in [3.63, 3.8) is 0 Å². The molecular weight excluding hydrogens is 272 g/mol. The van der Waals surface area contributed by atoms with Crippen LogP contribution in [0, 0.1) is 0 Å². The number of ether oxygens (including phenoxy) is 3. The first kappa shape index (κ1) is 20.1. The van der Waals surface area contributed by atoms with Crippen molar-refractivity contribution in [3.8, 4) is 0 Å². The number of unbranched alkanes of at least 4 members (excludes halogenated alkanes) is 2. The third kappa shape index (κ3) is 12.5. The zero-order valence-electron chi connectivity index (χ0n) is 13.5. The highest BCUT2D eigenvalue weighted by atomic mass is 16.5. The van der Waals surface area contributed by atoms with Gasteiger partial charge in [-0.05, 0) is 18.9 Å². The van der Waals surface area contributed by atoms with E-state index in [2.05, 4.69) is 18.6 Å². The topological polar surface area (TPSA) is 65.0 Å². The predicted octanol–water partition coefficient (Wildman–Crippen LogP) is 2.47. The summed E-state index contributed by atoms with van der Waals surface area (Å²) in [4.78, 5) is 11.1. The lowest BCUT2D eigenvalue weighted by Gasteiger charge is -2.18. The Labute approximate surface area is 128 Å². The van der Waals surface area contributed by atoms with Gasteiger partial charge in [-0.2, -0.15) is 0 Å². The molecule has 0 fully saturated rings. The molecule has 124 valence electrons. The van der Waals surface area contributed by atoms with Gasteiger partial charge in [0, 0.05) is 25.7 Å². The number of hydrogen-bond acceptors (Lipinski definition) is 5. The molecule has 21 heavy (non-hydrogen) atoms. The smallest absolute Gasteiger partial charge is 0.330 e. The molecule has 0 rings (SSSR count). The summed E-state index contributed by atoms with van der Waals surface area (Å²) in [5.74, 6) is -0.423. The molecule has 0 aliphatic carbocycles. The first-order valence-corrected chi connectivity index (χ1v) is 7.77. The van der Waals surface area contributed by atoms with Crippen LogP contribution < -0.4 is 0 Å². The van der Waals surface area contributed by atoms with Gasteiger partial charge < -0.3 is 19.3 Å². The molecule has 0 saturated carbocycles. The summed E-state index contributed by atoms with van der Waals surface area (Å²) < 4.78 is 15.6. The van der Waals surface area contributed by atoms with Crippen molar-refractivity contribution >= 4 is 5.97 Å². The van der Waals surface area contributed by atoms with Crippen LogP contribution in [0.3, 0.4) is 0 Å². The lowest BCUT2D eigenvalue weighted by Crippen LogP contribution is -2.24. The van der Waals surface area contributed by atoms with Crippen LogP contribution in [0.1, 0.15) is 46.0 Å². The van der Waals surface area contributed by atoms with Crippen molar-refractivity contribution < 1.29 is 24.1 Å². The third-order valence-corrected chi connectivity index (χ3v) is 2.93. The highest BCUT2D eigenvalue weighted by molar-refractivity contribution is 5.81. The van der Waals surface area contributed by atoms with Crippen LogP contribution in [-0.4, -0.2) is 50.2 Å². The maximum absolute atomic E-state index is 11.1. The standard InChI is InChI=1S/C16H30O5/c1-4-6-10-20-13-14(17)12-15(21-11-7-5-2)8-9-16(18)19-3/h8-9,14-15,17H,4-7,10-13H2,1-3H3/b9-8-/t14-,15-/m1/s1. The molecule has 5 heteroatoms. The van der Waals surface area contributed by atoms with E-state index in [0.717, 1.165) is 25.7 Å². The summed E-state index contributed by atoms with van der Waals surface area (Å²) >= 11 is 0. The maximum atomic E-state index is 11.1. The highest BCUT2D eigenvalue weighted by Gasteiger charge is 2.13. The van der Waals surface area contributed by atoms with E-state index in [1.807, 2.05) is 0 Å². The van der Waals surface area contributed by atoms with Gasteiger partial charge in [0.05, 0.1) is 25.9 Å². The first-order chi connectivity index (χ1) is 10.1. The van der Waals surface area contributed by atoms with Crippen LogP contribution in [0.5, 0.6) is 0 Å². The Hall–Kier alpha value is -0.910. The second kappa shape index (κ2) is 14.0. The van der Waals surface area contributed by atoms with E-state index in [-0.39, 0.29) is 6.10 Å². The van der Waals surface area contributed by atoms with Crippen molar-refractivity contribution in [1.82, 2.24) is 0 Å². The second-order valence-corrected chi connectivity index (χ2v) is 4.96. The van der Waals surface area contributed by atoms with Gasteiger partial charge in [0.25, 0.3) is 0 Å². The molecule has 0 aromatic carbocycles. The molecule has 0 aliphatic heterocycles. The Bertz CT molecular complexity index is 278. The summed E-state index contributed by atoms with van der Waals surface area (Å²) in [7, 11) is 1.33. The number of aliphatic hydroxyl groups excluding tert-OH is 1. The largest absolute Gasteiger partial charge is 0.466 e. The molecule has 0 aliphatic rings. The molecule has 0 bridgehead atoms. The molecular formula is C16H30O5. The fourth-order valence-corrected chi connectivity index (χ4v) is 1.64. The summed E-state index contributed by atoms with van der Waals surface area (Å²) in [6.45, 7) is 5.73. The number of aliphatic hydroxyl groups is 1. The number of carbonyl (C=O) groups excluding carboxylic acids is 1. The molecule has 0 spiro atoms. The van der Waals surface area contributed by atoms with E-state index in [0.29, 0.717) is 26.2 Å². The minimum absolute atomic E-state index is 0.291. The van der Waals surface area contributed by atoms with Gasteiger partial charge in [-0.1, -0.05) is 26.7 Å². The molecule has 0 aromatic heterocycles. The van der Waals surface area contributed by atoms with E-state index >= 15 is 0 Å². The van der Waals surface area contributed by atoms with Gasteiger partial charge >= 0.3 is 5.97 Å². The van der Waals surface area contributed by atoms with Gasteiger partial charge in [0.15, 0.2) is 0 Å². The van der Waals surface area contributed by atoms with Crippen molar-refractivity contribution in [2.75, 3.05) is 26.9 Å². The Kier molecular flexibility index (Phi) is 13.4. The van der Waals surface area contributed by atoms with Crippen molar-refractivity contribution in [2.45, 2.75) is 58.2 Å². The molecule has 5 nitrogen and oxygen atoms in total. The quantitative estimate of drug-likeness (QED) is 0.322. The van der Waals surface area contributed by atoms with Gasteiger partial charge in [-0.3, -0.25) is 0 Å². The average molecular weight is 302 g/mol. The molecule has 1 N–H and O–H groups in total. The van der Waals surface area contributed by atoms with E-state index < -0.39 is 12.1 Å². The van der Waals surface area contributed by atoms with Gasteiger partial charge in [-0.25, -0.2) is 4.79 Å². The Morgan fingerprint density at radius 1 is 1.19 bits per heavy atom. The van der Waals surface area contributed by atoms with Crippen LogP contribution >= 0.6 is 0 Å². The lowest BCUT2D eigenvalue weighted by atomic mass is 10.1. The lowest BCUT2D eigenvalue weighted by molar-refractivity contribution is -0.134. The molecule has 0 aromatic rings. The summed E-state index contributed by atoms with van der Waals surface area (Å²) in [5.41, 5.74) is 0. The number of methoxy groups -OCH3 is 1. The van der Waals surface area contributed by atoms with Crippen molar-refractivity contribution in [3.05, 3.63) is 12.2 Å². The zero-order chi connectivity index (χ0) is 15.9. The monoisotopic (exact) mass is 302 g/mol. The zero-order valence-corrected chi connectivity index (χ0v) is 13.5. The van der Waals surface area contributed by atoms with E-state index in [4.69, 9.17) is 9.47 Å². The minimum atomic E-state index is -0.601. The van der Waals surface area contributed by atoms with Crippen LogP contribution in [-0.2, 0) is 19.0 Å². The molecule has 0 amide bonds. The Balaban J connectivity index is 4.17. The van der Waals surface area contributed by atoms with Crippen LogP contribution in [0.15, 0.2) is 12.2 Å². The number of rotatable bonds is 13. The molecule has 0 radical (unpaired) electrons. The normalized spacial score (nSPS) is 14.3. The average Bonchev–Trinajstić information content (AvgIpc) is 2.48. The second-order valence-electron chi connectivity index (χ2n) is 4.96. The van der Waals surface area contributed by atoms with Gasteiger partial charge in [0.2, 0.25) is 0 Å². The first-order valence-electron chi connectivity index (χ1n) is 7.77. The van der Waals surface area contributed by atoms with Crippen LogP contribution in [0.25, 0.3) is 0 Å². The van der Waals surface area contributed by atoms with Gasteiger partial charge in [-0.15, -0.1) is 0 Å². The number of carbonyl (C=O) groups is 1. The Morgan fingerprint density at radius 3 is 2.48 bits per heavy atom. The van der Waals surface area contributed by atoms with Crippen molar-refractivity contribution in [2.24, 2.45) is 0 Å². The third-order valence-electron chi connectivity index (χ3n) is 2.93. The van der Waals surface area contributed by atoms with Crippen LogP contribution in [0.4, 0.5) is 0 Å². The summed E-state index contributed by atoms with van der Waals surface area (Å²) in [5, 5.41) is 9.94. The van der Waals surface area contributed by atoms with E-state index in [1.165, 1.54) is 13.2 Å². The molecule has 0 heterocycles. The minimum Gasteiger partial charge on any atom is -0.466 e. The van der Waals surface area contributed by atoms with Crippen LogP contribution in [0.2, 0.25) is 0 Å². The molecule has 0 saturated heterocycles. The SMILES string of the molecule is CCCCOC[C@H](O)C[C@@H](/C=C\C(=O)OC)OCCCC. The van der Waals surface area contributed by atoms with Crippen molar-refractivity contribution in [1.29, 1.82) is 0 Å². The van der Waals surface area contributed by atoms with E-state index in [1.54, 1.807) is 6.08 Å². The number of esters is 1. The fraction of sp³-hybridized carbons (Fsp3) is 0.812.